The third-order valence-corrected chi connectivity index (χ3v) is 8.96. The number of anilines is 2. The standard InChI is InChI=1S/C28H35N5O5S/c1-6-27(4,29)21-15-31-25(37-16(2)9-12-39(5,35)36)20-14-30-23(13-19(20)21)32-22-8-7-18-24(33-22)28(10-11-28)17(3)38-26(18)34/h7-8,13-17H,6,9-12,29H2,1-5H3,(H,30,32,33)/t16-,17+,27+/m0/s1. The molecule has 11 heteroatoms. The van der Waals surface area contributed by atoms with Gasteiger partial charge in [-0.2, -0.15) is 0 Å². The molecule has 0 unspecified atom stereocenters. The lowest BCUT2D eigenvalue weighted by molar-refractivity contribution is 0.0183. The van der Waals surface area contributed by atoms with E-state index in [1.54, 1.807) is 24.5 Å². The van der Waals surface area contributed by atoms with Crippen LogP contribution in [0, 0.1) is 0 Å². The van der Waals surface area contributed by atoms with E-state index in [1.807, 2.05) is 33.8 Å². The Morgan fingerprint density at radius 1 is 1.23 bits per heavy atom. The van der Waals surface area contributed by atoms with Gasteiger partial charge in [-0.1, -0.05) is 6.92 Å². The maximum Gasteiger partial charge on any atom is 0.340 e. The molecular formula is C28H35N5O5S. The van der Waals surface area contributed by atoms with Crippen molar-refractivity contribution < 1.29 is 22.7 Å². The lowest BCUT2D eigenvalue weighted by atomic mass is 9.88. The van der Waals surface area contributed by atoms with Gasteiger partial charge in [0, 0.05) is 24.2 Å². The average molecular weight is 554 g/mol. The molecule has 1 aliphatic heterocycles. The SMILES string of the molecule is CC[C@@](C)(N)c1cnc(O[C@@H](C)CCS(C)(=O)=O)c2cnc(Nc3ccc4c(n3)C3(CC3)[C@@H](C)OC4=O)cc12. The minimum atomic E-state index is -3.10. The molecule has 39 heavy (non-hydrogen) atoms. The summed E-state index contributed by atoms with van der Waals surface area (Å²) in [7, 11) is -3.10. The molecule has 3 atom stereocenters. The Morgan fingerprint density at radius 2 is 1.97 bits per heavy atom. The molecule has 3 N–H and O–H groups in total. The fourth-order valence-corrected chi connectivity index (χ4v) is 5.82. The van der Waals surface area contributed by atoms with Crippen molar-refractivity contribution in [1.29, 1.82) is 0 Å². The normalized spacial score (nSPS) is 20.2. The third-order valence-electron chi connectivity index (χ3n) is 7.99. The number of rotatable bonds is 9. The van der Waals surface area contributed by atoms with Gasteiger partial charge < -0.3 is 20.5 Å². The van der Waals surface area contributed by atoms with Crippen LogP contribution >= 0.6 is 0 Å². The first-order valence-corrected chi connectivity index (χ1v) is 15.3. The van der Waals surface area contributed by atoms with Gasteiger partial charge in [-0.05, 0) is 75.6 Å². The maximum absolute atomic E-state index is 12.4. The number of cyclic esters (lactones) is 1. The molecule has 4 heterocycles. The van der Waals surface area contributed by atoms with Gasteiger partial charge in [0.25, 0.3) is 0 Å². The van der Waals surface area contributed by atoms with Crippen LogP contribution in [0.4, 0.5) is 11.6 Å². The van der Waals surface area contributed by atoms with Crippen molar-refractivity contribution in [2.24, 2.45) is 5.73 Å². The van der Waals surface area contributed by atoms with E-state index in [4.69, 9.17) is 20.2 Å². The summed E-state index contributed by atoms with van der Waals surface area (Å²) in [6.07, 6.45) is 6.94. The molecule has 3 aromatic rings. The number of hydrogen-bond acceptors (Lipinski definition) is 10. The van der Waals surface area contributed by atoms with E-state index in [9.17, 15) is 13.2 Å². The first kappa shape index (κ1) is 27.3. The van der Waals surface area contributed by atoms with Crippen LogP contribution in [0.1, 0.15) is 75.0 Å². The molecule has 1 fully saturated rings. The Labute approximate surface area is 228 Å². The zero-order chi connectivity index (χ0) is 28.2. The van der Waals surface area contributed by atoms with E-state index in [0.717, 1.165) is 29.5 Å². The average Bonchev–Trinajstić information content (AvgIpc) is 3.68. The second-order valence-corrected chi connectivity index (χ2v) is 13.4. The fourth-order valence-electron chi connectivity index (χ4n) is 5.06. The molecule has 10 nitrogen and oxygen atoms in total. The Balaban J connectivity index is 1.49. The molecule has 0 saturated heterocycles. The summed E-state index contributed by atoms with van der Waals surface area (Å²) in [5.74, 6) is 1.20. The van der Waals surface area contributed by atoms with E-state index >= 15 is 0 Å². The van der Waals surface area contributed by atoms with Crippen molar-refractivity contribution >= 4 is 38.2 Å². The number of aromatic nitrogens is 3. The number of esters is 1. The highest BCUT2D eigenvalue weighted by molar-refractivity contribution is 7.90. The highest BCUT2D eigenvalue weighted by Crippen LogP contribution is 2.54. The zero-order valence-corrected chi connectivity index (χ0v) is 23.8. The van der Waals surface area contributed by atoms with Crippen molar-refractivity contribution in [3.63, 3.8) is 0 Å². The summed E-state index contributed by atoms with van der Waals surface area (Å²) in [6, 6.07) is 5.40. The summed E-state index contributed by atoms with van der Waals surface area (Å²) in [5.41, 5.74) is 7.93. The number of carbonyl (C=O) groups excluding carboxylic acids is 1. The predicted octanol–water partition coefficient (Wildman–Crippen LogP) is 4.14. The lowest BCUT2D eigenvalue weighted by Crippen LogP contribution is -2.36. The number of ether oxygens (including phenoxy) is 2. The summed E-state index contributed by atoms with van der Waals surface area (Å²) < 4.78 is 34.8. The number of nitrogens with zero attached hydrogens (tertiary/aromatic N) is 3. The highest BCUT2D eigenvalue weighted by atomic mass is 32.2. The van der Waals surface area contributed by atoms with Gasteiger partial charge in [-0.3, -0.25) is 0 Å². The minimum absolute atomic E-state index is 0.0266. The molecule has 0 bridgehead atoms. The summed E-state index contributed by atoms with van der Waals surface area (Å²) >= 11 is 0. The van der Waals surface area contributed by atoms with Crippen LogP contribution in [-0.4, -0.2) is 53.6 Å². The van der Waals surface area contributed by atoms with Crippen LogP contribution in [0.2, 0.25) is 0 Å². The Morgan fingerprint density at radius 3 is 2.64 bits per heavy atom. The molecule has 1 spiro atoms. The Hall–Kier alpha value is -3.31. The van der Waals surface area contributed by atoms with E-state index in [1.165, 1.54) is 6.26 Å². The van der Waals surface area contributed by atoms with Crippen molar-refractivity contribution in [3.8, 4) is 5.88 Å². The number of carbonyl (C=O) groups is 1. The van der Waals surface area contributed by atoms with Gasteiger partial charge in [0.2, 0.25) is 5.88 Å². The largest absolute Gasteiger partial charge is 0.474 e. The first-order valence-electron chi connectivity index (χ1n) is 13.2. The number of sulfone groups is 1. The third kappa shape index (κ3) is 5.29. The zero-order valence-electron chi connectivity index (χ0n) is 22.9. The highest BCUT2D eigenvalue weighted by Gasteiger charge is 2.56. The number of pyridine rings is 3. The van der Waals surface area contributed by atoms with Gasteiger partial charge in [0.15, 0.2) is 0 Å². The molecule has 0 aromatic carbocycles. The van der Waals surface area contributed by atoms with E-state index in [2.05, 4.69) is 15.3 Å². The topological polar surface area (TPSA) is 146 Å². The van der Waals surface area contributed by atoms with Gasteiger partial charge in [0.1, 0.15) is 27.6 Å². The van der Waals surface area contributed by atoms with E-state index in [-0.39, 0.29) is 29.3 Å². The van der Waals surface area contributed by atoms with Crippen LogP contribution in [0.25, 0.3) is 10.8 Å². The Kier molecular flexibility index (Phi) is 6.79. The minimum Gasteiger partial charge on any atom is -0.474 e. The maximum atomic E-state index is 12.4. The van der Waals surface area contributed by atoms with Crippen LogP contribution in [0.3, 0.4) is 0 Å². The van der Waals surface area contributed by atoms with Crippen LogP contribution in [0.5, 0.6) is 5.88 Å². The first-order chi connectivity index (χ1) is 18.3. The molecule has 208 valence electrons. The second kappa shape index (κ2) is 9.71. The molecule has 2 aliphatic rings. The molecule has 0 amide bonds. The Bertz CT molecular complexity index is 1550. The molecule has 3 aromatic heterocycles. The monoisotopic (exact) mass is 553 g/mol. The van der Waals surface area contributed by atoms with Gasteiger partial charge in [-0.25, -0.2) is 28.2 Å². The van der Waals surface area contributed by atoms with Crippen molar-refractivity contribution in [2.75, 3.05) is 17.3 Å². The van der Waals surface area contributed by atoms with Crippen molar-refractivity contribution in [3.05, 3.63) is 47.4 Å². The van der Waals surface area contributed by atoms with Crippen LogP contribution < -0.4 is 15.8 Å². The van der Waals surface area contributed by atoms with E-state index in [0.29, 0.717) is 41.3 Å². The van der Waals surface area contributed by atoms with Gasteiger partial charge in [-0.15, -0.1) is 0 Å². The van der Waals surface area contributed by atoms with Crippen LogP contribution in [0.15, 0.2) is 30.6 Å². The summed E-state index contributed by atoms with van der Waals surface area (Å²) in [4.78, 5) is 26.4. The second-order valence-electron chi connectivity index (χ2n) is 11.1. The summed E-state index contributed by atoms with van der Waals surface area (Å²) in [5, 5.41) is 4.80. The summed E-state index contributed by atoms with van der Waals surface area (Å²) in [6.45, 7) is 7.71. The van der Waals surface area contributed by atoms with E-state index < -0.39 is 15.4 Å². The van der Waals surface area contributed by atoms with Crippen molar-refractivity contribution in [1.82, 2.24) is 15.0 Å². The lowest BCUT2D eigenvalue weighted by Gasteiger charge is -2.30. The quantitative estimate of drug-likeness (QED) is 0.371. The molecule has 1 aliphatic carbocycles. The molecular weight excluding hydrogens is 518 g/mol. The number of hydrogen-bond donors (Lipinski definition) is 2. The fraction of sp³-hybridized carbons (Fsp3) is 0.500. The number of fused-ring (bicyclic) bond motifs is 3. The van der Waals surface area contributed by atoms with Gasteiger partial charge in [0.05, 0.1) is 33.9 Å². The van der Waals surface area contributed by atoms with Crippen LogP contribution in [-0.2, 0) is 25.5 Å². The molecule has 5 rings (SSSR count). The smallest absolute Gasteiger partial charge is 0.340 e. The number of nitrogens with one attached hydrogen (secondary N) is 1. The predicted molar refractivity (Wildman–Crippen MR) is 149 cm³/mol. The molecule has 1 saturated carbocycles. The van der Waals surface area contributed by atoms with Crippen molar-refractivity contribution in [2.45, 2.75) is 76.5 Å². The number of nitrogens with two attached hydrogens (primary N) is 1. The molecule has 0 radical (unpaired) electrons. The van der Waals surface area contributed by atoms with Gasteiger partial charge >= 0.3 is 5.97 Å².